The van der Waals surface area contributed by atoms with Gasteiger partial charge in [-0.2, -0.15) is 0 Å². The molecule has 3 rings (SSSR count). The van der Waals surface area contributed by atoms with Crippen LogP contribution in [0, 0.1) is 5.92 Å². The molecule has 2 fully saturated rings. The monoisotopic (exact) mass is 365 g/mol. The molecule has 2 heterocycles. The van der Waals surface area contributed by atoms with Crippen molar-refractivity contribution in [2.75, 3.05) is 25.0 Å². The Morgan fingerprint density at radius 3 is 2.80 bits per heavy atom. The first-order chi connectivity index (χ1) is 12.1. The van der Waals surface area contributed by atoms with Crippen LogP contribution in [0.25, 0.3) is 0 Å². The number of urea groups is 1. The predicted molar refractivity (Wildman–Crippen MR) is 94.2 cm³/mol. The summed E-state index contributed by atoms with van der Waals surface area (Å²) in [6, 6.07) is -0.0121. The summed E-state index contributed by atoms with van der Waals surface area (Å²) in [5.74, 6) is 0.0125. The fourth-order valence-electron chi connectivity index (χ4n) is 3.42. The van der Waals surface area contributed by atoms with Crippen LogP contribution in [0.5, 0.6) is 0 Å². The summed E-state index contributed by atoms with van der Waals surface area (Å²) in [6.07, 6.45) is 6.67. The fraction of sp³-hybridized carbons (Fsp3) is 0.625. The van der Waals surface area contributed by atoms with Gasteiger partial charge in [0, 0.05) is 43.0 Å². The van der Waals surface area contributed by atoms with E-state index in [2.05, 4.69) is 20.9 Å². The standard InChI is InChI=1S/C16H23N5O3S/c22-13(20-16-17-5-6-25-16)9-19-15(24)18-8-11-7-14(23)21(10-11)12-3-1-2-4-12/h5-6,11-12H,1-4,7-10H2,(H,17,20,22)(H2,18,19,24)/t11-/m1/s1. The van der Waals surface area contributed by atoms with Crippen molar-refractivity contribution < 1.29 is 14.4 Å². The van der Waals surface area contributed by atoms with Crippen LogP contribution in [0.1, 0.15) is 32.1 Å². The molecule has 8 nitrogen and oxygen atoms in total. The van der Waals surface area contributed by atoms with Crippen molar-refractivity contribution in [1.82, 2.24) is 20.5 Å². The lowest BCUT2D eigenvalue weighted by molar-refractivity contribution is -0.129. The molecule has 4 amide bonds. The second-order valence-electron chi connectivity index (χ2n) is 6.50. The largest absolute Gasteiger partial charge is 0.339 e. The summed E-state index contributed by atoms with van der Waals surface area (Å²) >= 11 is 1.32. The molecule has 3 N–H and O–H groups in total. The van der Waals surface area contributed by atoms with Crippen molar-refractivity contribution in [3.05, 3.63) is 11.6 Å². The molecule has 0 aromatic carbocycles. The molecule has 9 heteroatoms. The number of nitrogens with one attached hydrogen (secondary N) is 3. The minimum Gasteiger partial charge on any atom is -0.339 e. The molecule has 1 saturated heterocycles. The lowest BCUT2D eigenvalue weighted by Crippen LogP contribution is -2.42. The first-order valence-electron chi connectivity index (χ1n) is 8.62. The molecule has 1 aliphatic carbocycles. The highest BCUT2D eigenvalue weighted by atomic mass is 32.1. The number of carbonyl (C=O) groups is 3. The molecule has 0 unspecified atom stereocenters. The number of carbonyl (C=O) groups excluding carboxylic acids is 3. The highest BCUT2D eigenvalue weighted by Gasteiger charge is 2.35. The molecule has 136 valence electrons. The Morgan fingerprint density at radius 1 is 1.28 bits per heavy atom. The number of anilines is 1. The van der Waals surface area contributed by atoms with Gasteiger partial charge in [0.05, 0.1) is 6.54 Å². The summed E-state index contributed by atoms with van der Waals surface area (Å²) in [5.41, 5.74) is 0. The van der Waals surface area contributed by atoms with Crippen LogP contribution in [-0.4, -0.2) is 53.4 Å². The minimum atomic E-state index is -0.402. The zero-order chi connectivity index (χ0) is 17.6. The molecule has 0 radical (unpaired) electrons. The number of thiazole rings is 1. The molecule has 2 aliphatic rings. The summed E-state index contributed by atoms with van der Waals surface area (Å²) in [4.78, 5) is 41.5. The van der Waals surface area contributed by atoms with E-state index in [1.807, 2.05) is 4.90 Å². The van der Waals surface area contributed by atoms with Crippen LogP contribution in [-0.2, 0) is 9.59 Å². The second kappa shape index (κ2) is 8.28. The van der Waals surface area contributed by atoms with Crippen molar-refractivity contribution in [3.63, 3.8) is 0 Å². The van der Waals surface area contributed by atoms with Crippen LogP contribution in [0.15, 0.2) is 11.6 Å². The van der Waals surface area contributed by atoms with Gasteiger partial charge in [-0.05, 0) is 12.8 Å². The second-order valence-corrected chi connectivity index (χ2v) is 7.40. The number of nitrogens with zero attached hydrogens (tertiary/aromatic N) is 2. The highest BCUT2D eigenvalue weighted by Crippen LogP contribution is 2.29. The SMILES string of the molecule is O=C(CNC(=O)NC[C@H]1CC(=O)N(C2CCCC2)C1)Nc1nccs1. The van der Waals surface area contributed by atoms with Gasteiger partial charge in [0.2, 0.25) is 11.8 Å². The van der Waals surface area contributed by atoms with Gasteiger partial charge < -0.3 is 20.9 Å². The molecule has 1 aromatic rings. The van der Waals surface area contributed by atoms with E-state index >= 15 is 0 Å². The van der Waals surface area contributed by atoms with Gasteiger partial charge in [0.1, 0.15) is 0 Å². The minimum absolute atomic E-state index is 0.122. The Balaban J connectivity index is 1.33. The number of rotatable bonds is 6. The van der Waals surface area contributed by atoms with E-state index in [-0.39, 0.29) is 24.3 Å². The quantitative estimate of drug-likeness (QED) is 0.704. The molecule has 0 spiro atoms. The van der Waals surface area contributed by atoms with Gasteiger partial charge in [0.15, 0.2) is 5.13 Å². The topological polar surface area (TPSA) is 103 Å². The van der Waals surface area contributed by atoms with Crippen molar-refractivity contribution in [2.24, 2.45) is 5.92 Å². The zero-order valence-corrected chi connectivity index (χ0v) is 14.8. The Hall–Kier alpha value is -2.16. The number of hydrogen-bond donors (Lipinski definition) is 3. The summed E-state index contributed by atoms with van der Waals surface area (Å²) in [6.45, 7) is 1.03. The van der Waals surface area contributed by atoms with Gasteiger partial charge in [-0.3, -0.25) is 9.59 Å². The molecule has 1 atom stereocenters. The molecular weight excluding hydrogens is 342 g/mol. The molecule has 1 aliphatic heterocycles. The predicted octanol–water partition coefficient (Wildman–Crippen LogP) is 1.17. The van der Waals surface area contributed by atoms with E-state index in [9.17, 15) is 14.4 Å². The van der Waals surface area contributed by atoms with Crippen LogP contribution in [0.2, 0.25) is 0 Å². The summed E-state index contributed by atoms with van der Waals surface area (Å²) in [5, 5.41) is 10.1. The van der Waals surface area contributed by atoms with Gasteiger partial charge >= 0.3 is 6.03 Å². The smallest absolute Gasteiger partial charge is 0.315 e. The first kappa shape index (κ1) is 17.7. The van der Waals surface area contributed by atoms with Crippen LogP contribution >= 0.6 is 11.3 Å². The Morgan fingerprint density at radius 2 is 2.08 bits per heavy atom. The summed E-state index contributed by atoms with van der Waals surface area (Å²) in [7, 11) is 0. The maximum Gasteiger partial charge on any atom is 0.315 e. The molecule has 1 saturated carbocycles. The van der Waals surface area contributed by atoms with Crippen molar-refractivity contribution in [3.8, 4) is 0 Å². The van der Waals surface area contributed by atoms with E-state index in [4.69, 9.17) is 0 Å². The number of hydrogen-bond acceptors (Lipinski definition) is 5. The Kier molecular flexibility index (Phi) is 5.85. The van der Waals surface area contributed by atoms with Gasteiger partial charge in [-0.25, -0.2) is 9.78 Å². The van der Waals surface area contributed by atoms with E-state index in [1.165, 1.54) is 24.2 Å². The van der Waals surface area contributed by atoms with Gasteiger partial charge in [-0.1, -0.05) is 12.8 Å². The Labute approximate surface area is 150 Å². The van der Waals surface area contributed by atoms with Crippen molar-refractivity contribution in [2.45, 2.75) is 38.1 Å². The van der Waals surface area contributed by atoms with E-state index in [1.54, 1.807) is 11.6 Å². The molecule has 25 heavy (non-hydrogen) atoms. The van der Waals surface area contributed by atoms with Crippen molar-refractivity contribution >= 4 is 34.3 Å². The van der Waals surface area contributed by atoms with Gasteiger partial charge in [0.25, 0.3) is 0 Å². The fourth-order valence-corrected chi connectivity index (χ4v) is 3.97. The first-order valence-corrected chi connectivity index (χ1v) is 9.50. The van der Waals surface area contributed by atoms with E-state index in [0.29, 0.717) is 30.7 Å². The molecule has 1 aromatic heterocycles. The highest BCUT2D eigenvalue weighted by molar-refractivity contribution is 7.13. The van der Waals surface area contributed by atoms with Crippen molar-refractivity contribution in [1.29, 1.82) is 0 Å². The van der Waals surface area contributed by atoms with E-state index in [0.717, 1.165) is 12.8 Å². The third kappa shape index (κ3) is 4.91. The average Bonchev–Trinajstić information content (AvgIpc) is 3.32. The third-order valence-corrected chi connectivity index (χ3v) is 5.33. The molecular formula is C16H23N5O3S. The van der Waals surface area contributed by atoms with Crippen LogP contribution < -0.4 is 16.0 Å². The van der Waals surface area contributed by atoms with Gasteiger partial charge in [-0.15, -0.1) is 11.3 Å². The number of amides is 4. The average molecular weight is 365 g/mol. The normalized spacial score (nSPS) is 20.7. The van der Waals surface area contributed by atoms with Crippen LogP contribution in [0.3, 0.4) is 0 Å². The third-order valence-electron chi connectivity index (χ3n) is 4.64. The van der Waals surface area contributed by atoms with Crippen LogP contribution in [0.4, 0.5) is 9.93 Å². The maximum atomic E-state index is 12.1. The Bertz CT molecular complexity index is 615. The maximum absolute atomic E-state index is 12.1. The zero-order valence-electron chi connectivity index (χ0n) is 14.0. The van der Waals surface area contributed by atoms with E-state index < -0.39 is 6.03 Å². The lowest BCUT2D eigenvalue weighted by atomic mass is 10.1. The number of aromatic nitrogens is 1. The summed E-state index contributed by atoms with van der Waals surface area (Å²) < 4.78 is 0. The number of likely N-dealkylation sites (tertiary alicyclic amines) is 1. The lowest BCUT2D eigenvalue weighted by Gasteiger charge is -2.24. The molecule has 0 bridgehead atoms.